The Balaban J connectivity index is 2.03. The monoisotopic (exact) mass is 324 g/mol. The third-order valence-corrected chi connectivity index (χ3v) is 4.71. The topological polar surface area (TPSA) is 46.8 Å². The fraction of sp³-hybridized carbons (Fsp3) is 0.167. The second kappa shape index (κ2) is 5.71. The first-order valence-corrected chi connectivity index (χ1v) is 8.11. The highest BCUT2D eigenvalue weighted by Crippen LogP contribution is 2.35. The maximum Gasteiger partial charge on any atom is 0.122 e. The standard InChI is InChI=1S/C18H17N2O2P/c21-19-15-5-3-7-17-18(15)14-4-1-2-6-16(14)20(17)12-8-10-13(22-23)11-9-12/h1-2,4,6,8-11,21H,3,5,7,23H2/b19-15-. The van der Waals surface area contributed by atoms with Gasteiger partial charge in [0.25, 0.3) is 0 Å². The summed E-state index contributed by atoms with van der Waals surface area (Å²) in [5.41, 5.74) is 5.31. The van der Waals surface area contributed by atoms with Crippen LogP contribution in [0.3, 0.4) is 0 Å². The number of fused-ring (bicyclic) bond motifs is 3. The maximum atomic E-state index is 9.41. The van der Waals surface area contributed by atoms with Crippen molar-refractivity contribution in [2.24, 2.45) is 5.16 Å². The van der Waals surface area contributed by atoms with E-state index < -0.39 is 0 Å². The normalized spacial score (nSPS) is 15.8. The predicted molar refractivity (Wildman–Crippen MR) is 94.9 cm³/mol. The molecule has 1 heterocycles. The molecule has 1 aromatic heterocycles. The number of oxime groups is 1. The lowest BCUT2D eigenvalue weighted by molar-refractivity contribution is 0.317. The first-order chi connectivity index (χ1) is 11.3. The number of hydrogen-bond acceptors (Lipinski definition) is 3. The number of benzene rings is 2. The molecule has 0 saturated heterocycles. The SMILES string of the molecule is O/N=C1/CCCc2c1c1ccccc1n2-c1ccc(OP)cc1. The van der Waals surface area contributed by atoms with Crippen molar-refractivity contribution in [3.05, 3.63) is 59.8 Å². The Kier molecular flexibility index (Phi) is 3.55. The van der Waals surface area contributed by atoms with Crippen LogP contribution < -0.4 is 4.52 Å². The summed E-state index contributed by atoms with van der Waals surface area (Å²) in [4.78, 5) is 0. The van der Waals surface area contributed by atoms with Gasteiger partial charge in [-0.1, -0.05) is 23.4 Å². The highest BCUT2D eigenvalue weighted by Gasteiger charge is 2.25. The van der Waals surface area contributed by atoms with Gasteiger partial charge in [-0.25, -0.2) is 0 Å². The zero-order valence-corrected chi connectivity index (χ0v) is 13.7. The molecule has 1 unspecified atom stereocenters. The Morgan fingerprint density at radius 2 is 1.83 bits per heavy atom. The summed E-state index contributed by atoms with van der Waals surface area (Å²) in [6, 6.07) is 16.3. The van der Waals surface area contributed by atoms with E-state index >= 15 is 0 Å². The first-order valence-electron chi connectivity index (χ1n) is 7.64. The van der Waals surface area contributed by atoms with Gasteiger partial charge in [-0.2, -0.15) is 0 Å². The molecule has 5 heteroatoms. The molecule has 1 N–H and O–H groups in total. The highest BCUT2D eigenvalue weighted by molar-refractivity contribution is 7.10. The Bertz CT molecular complexity index is 897. The fourth-order valence-electron chi connectivity index (χ4n) is 3.47. The van der Waals surface area contributed by atoms with Crippen molar-refractivity contribution in [1.82, 2.24) is 4.57 Å². The molecule has 0 radical (unpaired) electrons. The van der Waals surface area contributed by atoms with Crippen molar-refractivity contribution < 1.29 is 9.73 Å². The first kappa shape index (κ1) is 14.3. The molecule has 0 bridgehead atoms. The Morgan fingerprint density at radius 1 is 1.04 bits per heavy atom. The molecular weight excluding hydrogens is 307 g/mol. The summed E-state index contributed by atoms with van der Waals surface area (Å²) in [5, 5.41) is 14.1. The number of aromatic nitrogens is 1. The second-order valence-corrected chi connectivity index (χ2v) is 5.92. The number of hydrogen-bond donors (Lipinski definition) is 1. The minimum Gasteiger partial charge on any atom is -0.480 e. The third-order valence-electron chi connectivity index (χ3n) is 4.44. The Morgan fingerprint density at radius 3 is 2.57 bits per heavy atom. The molecule has 1 aliphatic carbocycles. The lowest BCUT2D eigenvalue weighted by Crippen LogP contribution is -2.13. The van der Waals surface area contributed by atoms with E-state index in [9.17, 15) is 5.21 Å². The number of rotatable bonds is 2. The van der Waals surface area contributed by atoms with Crippen molar-refractivity contribution in [1.29, 1.82) is 0 Å². The van der Waals surface area contributed by atoms with E-state index in [-0.39, 0.29) is 0 Å². The Hall–Kier alpha value is -2.32. The van der Waals surface area contributed by atoms with Crippen LogP contribution in [0.4, 0.5) is 0 Å². The number of para-hydroxylation sites is 1. The van der Waals surface area contributed by atoms with Crippen LogP contribution in [0.5, 0.6) is 5.75 Å². The molecule has 116 valence electrons. The van der Waals surface area contributed by atoms with Crippen molar-refractivity contribution in [3.8, 4) is 11.4 Å². The summed E-state index contributed by atoms with van der Waals surface area (Å²) in [7, 11) is 2.26. The molecule has 0 saturated carbocycles. The van der Waals surface area contributed by atoms with Crippen LogP contribution in [0.2, 0.25) is 0 Å². The van der Waals surface area contributed by atoms with Gasteiger partial charge < -0.3 is 14.3 Å². The lowest BCUT2D eigenvalue weighted by atomic mass is 9.93. The van der Waals surface area contributed by atoms with Gasteiger partial charge in [0.2, 0.25) is 0 Å². The van der Waals surface area contributed by atoms with Gasteiger partial charge in [-0.15, -0.1) is 0 Å². The quantitative estimate of drug-likeness (QED) is 0.434. The van der Waals surface area contributed by atoms with E-state index in [1.165, 1.54) is 5.69 Å². The van der Waals surface area contributed by atoms with Crippen LogP contribution in [0.25, 0.3) is 16.6 Å². The van der Waals surface area contributed by atoms with Gasteiger partial charge in [0.15, 0.2) is 0 Å². The van der Waals surface area contributed by atoms with E-state index in [2.05, 4.69) is 43.5 Å². The molecule has 23 heavy (non-hydrogen) atoms. The molecule has 0 spiro atoms. The minimum atomic E-state index is 0.783. The van der Waals surface area contributed by atoms with Crippen molar-refractivity contribution >= 4 is 26.1 Å². The average Bonchev–Trinajstić information content (AvgIpc) is 2.96. The zero-order chi connectivity index (χ0) is 15.8. The van der Waals surface area contributed by atoms with E-state index in [1.807, 2.05) is 24.3 Å². The third kappa shape index (κ3) is 2.22. The van der Waals surface area contributed by atoms with Crippen LogP contribution in [-0.4, -0.2) is 15.5 Å². The molecule has 1 aliphatic rings. The zero-order valence-electron chi connectivity index (χ0n) is 12.6. The summed E-state index contributed by atoms with van der Waals surface area (Å²) in [6.07, 6.45) is 2.79. The molecule has 3 aromatic rings. The largest absolute Gasteiger partial charge is 0.480 e. The van der Waals surface area contributed by atoms with Gasteiger partial charge in [0.05, 0.1) is 20.7 Å². The van der Waals surface area contributed by atoms with Crippen LogP contribution in [-0.2, 0) is 6.42 Å². The van der Waals surface area contributed by atoms with Crippen molar-refractivity contribution in [3.63, 3.8) is 0 Å². The fourth-order valence-corrected chi connectivity index (χ4v) is 3.63. The smallest absolute Gasteiger partial charge is 0.122 e. The van der Waals surface area contributed by atoms with E-state index in [0.717, 1.165) is 52.9 Å². The van der Waals surface area contributed by atoms with Crippen LogP contribution in [0, 0.1) is 0 Å². The summed E-state index contributed by atoms with van der Waals surface area (Å²) in [6.45, 7) is 0. The molecule has 1 atom stereocenters. The van der Waals surface area contributed by atoms with E-state index in [4.69, 9.17) is 4.52 Å². The summed E-state index contributed by atoms with van der Waals surface area (Å²) < 4.78 is 7.44. The van der Waals surface area contributed by atoms with Crippen molar-refractivity contribution in [2.45, 2.75) is 19.3 Å². The molecule has 4 rings (SSSR count). The van der Waals surface area contributed by atoms with E-state index in [0.29, 0.717) is 0 Å². The van der Waals surface area contributed by atoms with Gasteiger partial charge >= 0.3 is 0 Å². The van der Waals surface area contributed by atoms with Crippen LogP contribution in [0.15, 0.2) is 53.7 Å². The molecule has 4 nitrogen and oxygen atoms in total. The molecular formula is C18H17N2O2P. The van der Waals surface area contributed by atoms with Gasteiger partial charge in [-0.05, 0) is 49.6 Å². The van der Waals surface area contributed by atoms with Gasteiger partial charge in [-0.3, -0.25) is 0 Å². The van der Waals surface area contributed by atoms with Gasteiger partial charge in [0.1, 0.15) is 5.75 Å². The Labute approximate surface area is 136 Å². The molecule has 0 aliphatic heterocycles. The van der Waals surface area contributed by atoms with Gasteiger partial charge in [0, 0.05) is 22.3 Å². The van der Waals surface area contributed by atoms with Crippen LogP contribution in [0.1, 0.15) is 24.1 Å². The predicted octanol–water partition coefficient (Wildman–Crippen LogP) is 4.31. The minimum absolute atomic E-state index is 0.783. The molecule has 0 fully saturated rings. The summed E-state index contributed by atoms with van der Waals surface area (Å²) >= 11 is 0. The maximum absolute atomic E-state index is 9.41. The lowest BCUT2D eigenvalue weighted by Gasteiger charge is -2.17. The van der Waals surface area contributed by atoms with Crippen LogP contribution >= 0.6 is 9.47 Å². The highest BCUT2D eigenvalue weighted by atomic mass is 31.0. The molecule has 0 amide bonds. The second-order valence-electron chi connectivity index (χ2n) is 5.69. The van der Waals surface area contributed by atoms with Crippen molar-refractivity contribution in [2.75, 3.05) is 0 Å². The summed E-state index contributed by atoms with van der Waals surface area (Å²) in [5.74, 6) is 0.807. The van der Waals surface area contributed by atoms with E-state index in [1.54, 1.807) is 0 Å². The average molecular weight is 324 g/mol. The molecule has 2 aromatic carbocycles. The number of nitrogens with zero attached hydrogens (tertiary/aromatic N) is 2.